The predicted molar refractivity (Wildman–Crippen MR) is 110 cm³/mol. The Balaban J connectivity index is 1.74. The number of benzene rings is 3. The largest absolute Gasteiger partial charge is 0.307 e. The van der Waals surface area contributed by atoms with Crippen molar-refractivity contribution in [3.05, 3.63) is 108 Å². The summed E-state index contributed by atoms with van der Waals surface area (Å²) in [5.74, 6) is -0.00955. The van der Waals surface area contributed by atoms with Crippen molar-refractivity contribution < 1.29 is 4.79 Å². The van der Waals surface area contributed by atoms with Gasteiger partial charge in [-0.15, -0.1) is 0 Å². The molecule has 0 unspecified atom stereocenters. The first-order valence-corrected chi connectivity index (χ1v) is 9.06. The Bertz CT molecular complexity index is 1040. The van der Waals surface area contributed by atoms with Crippen molar-refractivity contribution in [2.75, 3.05) is 11.4 Å². The van der Waals surface area contributed by atoms with Crippen LogP contribution in [-0.4, -0.2) is 17.4 Å². The third-order valence-corrected chi connectivity index (χ3v) is 4.70. The van der Waals surface area contributed by atoms with Gasteiger partial charge in [-0.25, -0.2) is 0 Å². The van der Waals surface area contributed by atoms with Crippen LogP contribution in [0, 0.1) is 0 Å². The van der Waals surface area contributed by atoms with Gasteiger partial charge in [0.15, 0.2) is 0 Å². The summed E-state index contributed by atoms with van der Waals surface area (Å²) in [5.41, 5.74) is 2.79. The summed E-state index contributed by atoms with van der Waals surface area (Å²) in [6.07, 6.45) is 4.11. The number of carbonyl (C=O) groups is 1. The Labute approximate surface area is 158 Å². The maximum atomic E-state index is 13.3. The maximum Gasteiger partial charge on any atom is 0.258 e. The van der Waals surface area contributed by atoms with Crippen LogP contribution in [0.15, 0.2) is 97.3 Å². The molecule has 0 bridgehead atoms. The molecule has 0 fully saturated rings. The van der Waals surface area contributed by atoms with Gasteiger partial charge in [0.2, 0.25) is 0 Å². The van der Waals surface area contributed by atoms with E-state index in [9.17, 15) is 4.79 Å². The van der Waals surface area contributed by atoms with Crippen LogP contribution in [0.3, 0.4) is 0 Å². The van der Waals surface area contributed by atoms with E-state index in [0.29, 0.717) is 12.1 Å². The van der Waals surface area contributed by atoms with E-state index < -0.39 is 0 Å². The maximum absolute atomic E-state index is 13.3. The van der Waals surface area contributed by atoms with Crippen LogP contribution < -0.4 is 4.90 Å². The summed E-state index contributed by atoms with van der Waals surface area (Å²) >= 11 is 0. The summed E-state index contributed by atoms with van der Waals surface area (Å²) in [6.45, 7) is 0.610. The second kappa shape index (κ2) is 7.83. The zero-order valence-corrected chi connectivity index (χ0v) is 15.0. The number of fused-ring (bicyclic) bond motifs is 1. The van der Waals surface area contributed by atoms with Crippen molar-refractivity contribution in [2.45, 2.75) is 6.42 Å². The lowest BCUT2D eigenvalue weighted by molar-refractivity contribution is 0.0987. The van der Waals surface area contributed by atoms with Crippen molar-refractivity contribution in [3.63, 3.8) is 0 Å². The summed E-state index contributed by atoms with van der Waals surface area (Å²) in [6, 6.07) is 28.1. The molecular weight excluding hydrogens is 332 g/mol. The number of rotatable bonds is 5. The lowest BCUT2D eigenvalue weighted by Crippen LogP contribution is -2.33. The molecule has 1 aromatic heterocycles. The highest BCUT2D eigenvalue weighted by molar-refractivity contribution is 6.10. The van der Waals surface area contributed by atoms with Crippen LogP contribution in [0.1, 0.15) is 15.9 Å². The molecule has 0 aliphatic carbocycles. The molecule has 4 rings (SSSR count). The average Bonchev–Trinajstić information content (AvgIpc) is 2.75. The van der Waals surface area contributed by atoms with Gasteiger partial charge in [-0.05, 0) is 35.6 Å². The lowest BCUT2D eigenvalue weighted by Gasteiger charge is -2.24. The molecule has 0 saturated heterocycles. The first-order chi connectivity index (χ1) is 13.3. The van der Waals surface area contributed by atoms with Gasteiger partial charge in [-0.2, -0.15) is 0 Å². The van der Waals surface area contributed by atoms with Crippen molar-refractivity contribution in [3.8, 4) is 0 Å². The van der Waals surface area contributed by atoms with E-state index in [1.807, 2.05) is 47.4 Å². The Morgan fingerprint density at radius 2 is 1.48 bits per heavy atom. The number of hydrogen-bond donors (Lipinski definition) is 0. The molecule has 0 spiro atoms. The van der Waals surface area contributed by atoms with Crippen LogP contribution in [0.25, 0.3) is 10.8 Å². The van der Waals surface area contributed by atoms with Gasteiger partial charge in [0.05, 0.1) is 5.69 Å². The van der Waals surface area contributed by atoms with E-state index in [4.69, 9.17) is 0 Å². The molecule has 1 amide bonds. The number of aromatic nitrogens is 1. The standard InChI is InChI=1S/C24H20N2O/c27-24(21-13-16-25-17-14-21)26(18-15-19-7-2-1-3-8-19)23-12-6-10-20-9-4-5-11-22(20)23/h1-14,16-17H,15,18H2. The Morgan fingerprint density at radius 1 is 0.778 bits per heavy atom. The minimum atomic E-state index is -0.00955. The number of amides is 1. The van der Waals surface area contributed by atoms with E-state index >= 15 is 0 Å². The molecule has 0 aliphatic heterocycles. The molecule has 3 heteroatoms. The molecule has 0 radical (unpaired) electrons. The SMILES string of the molecule is O=C(c1ccncc1)N(CCc1ccccc1)c1cccc2ccccc12. The van der Waals surface area contributed by atoms with E-state index in [-0.39, 0.29) is 5.91 Å². The minimum absolute atomic E-state index is 0.00955. The highest BCUT2D eigenvalue weighted by Gasteiger charge is 2.19. The van der Waals surface area contributed by atoms with Crippen molar-refractivity contribution in [1.82, 2.24) is 4.98 Å². The Kier molecular flexibility index (Phi) is 4.93. The molecule has 132 valence electrons. The fourth-order valence-electron chi connectivity index (χ4n) is 3.31. The molecule has 4 aromatic rings. The zero-order chi connectivity index (χ0) is 18.5. The van der Waals surface area contributed by atoms with E-state index in [1.165, 1.54) is 5.56 Å². The fraction of sp³-hybridized carbons (Fsp3) is 0.0833. The number of pyridine rings is 1. The zero-order valence-electron chi connectivity index (χ0n) is 15.0. The smallest absolute Gasteiger partial charge is 0.258 e. The Hall–Kier alpha value is -3.46. The van der Waals surface area contributed by atoms with Gasteiger partial charge in [0, 0.05) is 29.9 Å². The van der Waals surface area contributed by atoms with Crippen molar-refractivity contribution in [1.29, 1.82) is 0 Å². The third kappa shape index (κ3) is 3.72. The van der Waals surface area contributed by atoms with Gasteiger partial charge in [-0.3, -0.25) is 9.78 Å². The second-order valence-corrected chi connectivity index (χ2v) is 6.43. The number of hydrogen-bond acceptors (Lipinski definition) is 2. The minimum Gasteiger partial charge on any atom is -0.307 e. The molecular formula is C24H20N2O. The van der Waals surface area contributed by atoms with Crippen LogP contribution in [0.5, 0.6) is 0 Å². The molecule has 3 aromatic carbocycles. The number of carbonyl (C=O) groups excluding carboxylic acids is 1. The molecule has 0 saturated carbocycles. The molecule has 3 nitrogen and oxygen atoms in total. The number of nitrogens with zero attached hydrogens (tertiary/aromatic N) is 2. The van der Waals surface area contributed by atoms with Gasteiger partial charge in [0.1, 0.15) is 0 Å². The van der Waals surface area contributed by atoms with Gasteiger partial charge in [-0.1, -0.05) is 66.7 Å². The van der Waals surface area contributed by atoms with Gasteiger partial charge >= 0.3 is 0 Å². The monoisotopic (exact) mass is 352 g/mol. The first-order valence-electron chi connectivity index (χ1n) is 9.06. The lowest BCUT2D eigenvalue weighted by atomic mass is 10.1. The Morgan fingerprint density at radius 3 is 2.30 bits per heavy atom. The van der Waals surface area contributed by atoms with E-state index in [0.717, 1.165) is 22.9 Å². The van der Waals surface area contributed by atoms with Crippen LogP contribution in [0.2, 0.25) is 0 Å². The van der Waals surface area contributed by atoms with Gasteiger partial charge < -0.3 is 4.90 Å². The van der Waals surface area contributed by atoms with Crippen LogP contribution in [-0.2, 0) is 6.42 Å². The normalized spacial score (nSPS) is 10.7. The molecule has 0 atom stereocenters. The van der Waals surface area contributed by atoms with E-state index in [2.05, 4.69) is 35.3 Å². The summed E-state index contributed by atoms with van der Waals surface area (Å²) in [5, 5.41) is 2.21. The fourth-order valence-corrected chi connectivity index (χ4v) is 3.31. The summed E-state index contributed by atoms with van der Waals surface area (Å²) in [4.78, 5) is 19.2. The molecule has 0 N–H and O–H groups in total. The van der Waals surface area contributed by atoms with Crippen molar-refractivity contribution >= 4 is 22.4 Å². The second-order valence-electron chi connectivity index (χ2n) is 6.43. The topological polar surface area (TPSA) is 33.2 Å². The number of anilines is 1. The van der Waals surface area contributed by atoms with Crippen LogP contribution >= 0.6 is 0 Å². The first kappa shape index (κ1) is 17.0. The van der Waals surface area contributed by atoms with Gasteiger partial charge in [0.25, 0.3) is 5.91 Å². The third-order valence-electron chi connectivity index (χ3n) is 4.70. The highest BCUT2D eigenvalue weighted by Crippen LogP contribution is 2.28. The molecule has 0 aliphatic rings. The quantitative estimate of drug-likeness (QED) is 0.499. The molecule has 27 heavy (non-hydrogen) atoms. The molecule has 1 heterocycles. The van der Waals surface area contributed by atoms with E-state index in [1.54, 1.807) is 24.5 Å². The van der Waals surface area contributed by atoms with Crippen molar-refractivity contribution in [2.24, 2.45) is 0 Å². The predicted octanol–water partition coefficient (Wildman–Crippen LogP) is 5.12. The summed E-state index contributed by atoms with van der Waals surface area (Å²) in [7, 11) is 0. The summed E-state index contributed by atoms with van der Waals surface area (Å²) < 4.78 is 0. The average molecular weight is 352 g/mol. The highest BCUT2D eigenvalue weighted by atomic mass is 16.2. The van der Waals surface area contributed by atoms with Crippen LogP contribution in [0.4, 0.5) is 5.69 Å².